The van der Waals surface area contributed by atoms with Crippen LogP contribution in [0.5, 0.6) is 5.75 Å². The summed E-state index contributed by atoms with van der Waals surface area (Å²) in [6.45, 7) is 1.73. The van der Waals surface area contributed by atoms with Crippen LogP contribution >= 0.6 is 11.6 Å². The maximum atomic E-state index is 11.2. The molecule has 8 heteroatoms. The van der Waals surface area contributed by atoms with Gasteiger partial charge in [-0.25, -0.2) is 0 Å². The van der Waals surface area contributed by atoms with Crippen molar-refractivity contribution < 1.29 is 9.66 Å². The first kappa shape index (κ1) is 17.8. The van der Waals surface area contributed by atoms with Gasteiger partial charge in [0.05, 0.1) is 21.9 Å². The summed E-state index contributed by atoms with van der Waals surface area (Å²) in [4.78, 5) is 15.3. The number of aryl methyl sites for hydroxylation is 1. The molecule has 0 saturated heterocycles. The Morgan fingerprint density at radius 3 is 2.68 bits per heavy atom. The minimum atomic E-state index is -0.620. The second-order valence-electron chi connectivity index (χ2n) is 6.26. The average Bonchev–Trinajstić information content (AvgIpc) is 2.69. The van der Waals surface area contributed by atoms with Crippen molar-refractivity contribution in [3.8, 4) is 23.1 Å². The number of halogens is 1. The highest BCUT2D eigenvalue weighted by Crippen LogP contribution is 2.43. The number of aromatic nitrogens is 1. The zero-order valence-electron chi connectivity index (χ0n) is 14.6. The third-order valence-electron chi connectivity index (χ3n) is 4.46. The lowest BCUT2D eigenvalue weighted by Gasteiger charge is -2.29. The first-order valence-corrected chi connectivity index (χ1v) is 8.73. The number of nitriles is 1. The summed E-state index contributed by atoms with van der Waals surface area (Å²) >= 11 is 5.94. The normalized spacial score (nSPS) is 14.2. The van der Waals surface area contributed by atoms with Gasteiger partial charge in [0, 0.05) is 34.0 Å². The van der Waals surface area contributed by atoms with E-state index in [0.717, 1.165) is 5.69 Å². The molecule has 0 fully saturated rings. The summed E-state index contributed by atoms with van der Waals surface area (Å²) < 4.78 is 6.05. The molecule has 0 radical (unpaired) electrons. The van der Waals surface area contributed by atoms with Gasteiger partial charge in [0.15, 0.2) is 6.23 Å². The Balaban J connectivity index is 1.85. The molecule has 0 spiro atoms. The summed E-state index contributed by atoms with van der Waals surface area (Å²) in [5.74, 6) is 0.473. The van der Waals surface area contributed by atoms with Crippen LogP contribution in [0.1, 0.15) is 23.0 Å². The molecule has 1 atom stereocenters. The fourth-order valence-corrected chi connectivity index (χ4v) is 3.19. The van der Waals surface area contributed by atoms with Crippen LogP contribution in [-0.4, -0.2) is 9.91 Å². The van der Waals surface area contributed by atoms with E-state index in [9.17, 15) is 15.4 Å². The Morgan fingerprint density at radius 1 is 1.25 bits per heavy atom. The van der Waals surface area contributed by atoms with Crippen LogP contribution in [0, 0.1) is 28.4 Å². The molecule has 3 aromatic rings. The molecule has 0 aliphatic carbocycles. The predicted octanol–water partition coefficient (Wildman–Crippen LogP) is 4.99. The molecule has 1 N–H and O–H groups in total. The van der Waals surface area contributed by atoms with Gasteiger partial charge in [-0.3, -0.25) is 15.1 Å². The Hall–Kier alpha value is -3.63. The Morgan fingerprint density at radius 2 is 2.00 bits per heavy atom. The molecule has 2 heterocycles. The van der Waals surface area contributed by atoms with Crippen molar-refractivity contribution in [2.45, 2.75) is 13.2 Å². The molecule has 28 heavy (non-hydrogen) atoms. The molecule has 0 unspecified atom stereocenters. The standard InChI is InChI=1S/C20H13ClN4O3/c1-11-12(10-22)8-17-19(23-11)16-9-15(25(26)27)6-7-18(16)28-20(17)24-14-4-2-13(21)3-5-14/h2-9,20,24H,1H3/t20-/m1/s1. The third kappa shape index (κ3) is 3.10. The number of benzene rings is 2. The van der Waals surface area contributed by atoms with E-state index in [4.69, 9.17) is 16.3 Å². The second kappa shape index (κ2) is 6.83. The molecule has 0 saturated carbocycles. The number of nitro groups is 1. The highest BCUT2D eigenvalue weighted by Gasteiger charge is 2.30. The maximum Gasteiger partial charge on any atom is 0.270 e. The van der Waals surface area contributed by atoms with E-state index in [0.29, 0.717) is 38.9 Å². The smallest absolute Gasteiger partial charge is 0.270 e. The van der Waals surface area contributed by atoms with Crippen molar-refractivity contribution in [1.82, 2.24) is 4.98 Å². The van der Waals surface area contributed by atoms with Crippen LogP contribution < -0.4 is 10.1 Å². The van der Waals surface area contributed by atoms with Crippen LogP contribution in [0.3, 0.4) is 0 Å². The molecule has 0 bridgehead atoms. The number of hydrogen-bond donors (Lipinski definition) is 1. The largest absolute Gasteiger partial charge is 0.466 e. The van der Waals surface area contributed by atoms with Gasteiger partial charge in [0.2, 0.25) is 0 Å². The summed E-state index contributed by atoms with van der Waals surface area (Å²) in [6, 6.07) is 15.3. The highest BCUT2D eigenvalue weighted by atomic mass is 35.5. The summed E-state index contributed by atoms with van der Waals surface area (Å²) in [5.41, 5.74) is 3.37. The van der Waals surface area contributed by atoms with E-state index in [1.54, 1.807) is 31.2 Å². The molecule has 4 rings (SSSR count). The number of anilines is 1. The van der Waals surface area contributed by atoms with E-state index in [1.807, 2.05) is 12.1 Å². The van der Waals surface area contributed by atoms with Crippen molar-refractivity contribution in [2.24, 2.45) is 0 Å². The first-order valence-electron chi connectivity index (χ1n) is 8.35. The molecular weight excluding hydrogens is 380 g/mol. The van der Waals surface area contributed by atoms with Gasteiger partial charge in [0.25, 0.3) is 5.69 Å². The Bertz CT molecular complexity index is 1140. The lowest BCUT2D eigenvalue weighted by molar-refractivity contribution is -0.384. The number of nitrogens with one attached hydrogen (secondary N) is 1. The number of hydrogen-bond acceptors (Lipinski definition) is 6. The molecule has 138 valence electrons. The van der Waals surface area contributed by atoms with E-state index in [1.165, 1.54) is 12.1 Å². The summed E-state index contributed by atoms with van der Waals surface area (Å²) in [5, 5.41) is 24.4. The van der Waals surface area contributed by atoms with Crippen molar-refractivity contribution in [1.29, 1.82) is 5.26 Å². The minimum absolute atomic E-state index is 0.0544. The molecule has 1 aliphatic heterocycles. The van der Waals surface area contributed by atoms with E-state index in [2.05, 4.69) is 16.4 Å². The molecule has 0 amide bonds. The van der Waals surface area contributed by atoms with Crippen LogP contribution in [0.4, 0.5) is 11.4 Å². The van der Waals surface area contributed by atoms with Gasteiger partial charge >= 0.3 is 0 Å². The van der Waals surface area contributed by atoms with Gasteiger partial charge < -0.3 is 10.1 Å². The summed E-state index contributed by atoms with van der Waals surface area (Å²) in [7, 11) is 0. The zero-order valence-corrected chi connectivity index (χ0v) is 15.4. The number of nitrogens with zero attached hydrogens (tertiary/aromatic N) is 3. The van der Waals surface area contributed by atoms with Crippen molar-refractivity contribution in [2.75, 3.05) is 5.32 Å². The minimum Gasteiger partial charge on any atom is -0.466 e. The number of ether oxygens (including phenoxy) is 1. The quantitative estimate of drug-likeness (QED) is 0.497. The monoisotopic (exact) mass is 392 g/mol. The van der Waals surface area contributed by atoms with Gasteiger partial charge in [0.1, 0.15) is 11.8 Å². The van der Waals surface area contributed by atoms with Gasteiger partial charge in [-0.1, -0.05) is 11.6 Å². The maximum absolute atomic E-state index is 11.2. The van der Waals surface area contributed by atoms with Crippen molar-refractivity contribution >= 4 is 23.0 Å². The number of nitro benzene ring substituents is 1. The first-order chi connectivity index (χ1) is 13.5. The topological polar surface area (TPSA) is 101 Å². The lowest BCUT2D eigenvalue weighted by Crippen LogP contribution is -2.23. The van der Waals surface area contributed by atoms with Crippen LogP contribution in [-0.2, 0) is 0 Å². The van der Waals surface area contributed by atoms with E-state index in [-0.39, 0.29) is 5.69 Å². The van der Waals surface area contributed by atoms with Gasteiger partial charge in [-0.05, 0) is 43.3 Å². The predicted molar refractivity (Wildman–Crippen MR) is 104 cm³/mol. The lowest BCUT2D eigenvalue weighted by atomic mass is 9.97. The van der Waals surface area contributed by atoms with E-state index < -0.39 is 11.2 Å². The molecule has 1 aromatic heterocycles. The average molecular weight is 393 g/mol. The van der Waals surface area contributed by atoms with Crippen molar-refractivity contribution in [3.63, 3.8) is 0 Å². The van der Waals surface area contributed by atoms with E-state index >= 15 is 0 Å². The van der Waals surface area contributed by atoms with Crippen molar-refractivity contribution in [3.05, 3.63) is 80.5 Å². The van der Waals surface area contributed by atoms with Crippen LogP contribution in [0.2, 0.25) is 5.02 Å². The fraction of sp³-hybridized carbons (Fsp3) is 0.100. The number of fused-ring (bicyclic) bond motifs is 3. The number of pyridine rings is 1. The Labute approximate surface area is 165 Å². The third-order valence-corrected chi connectivity index (χ3v) is 4.71. The fourth-order valence-electron chi connectivity index (χ4n) is 3.06. The summed E-state index contributed by atoms with van der Waals surface area (Å²) in [6.07, 6.45) is -0.620. The molecule has 2 aromatic carbocycles. The molecule has 1 aliphatic rings. The highest BCUT2D eigenvalue weighted by molar-refractivity contribution is 6.30. The number of non-ortho nitro benzene ring substituents is 1. The Kier molecular flexibility index (Phi) is 4.34. The molecular formula is C20H13ClN4O3. The number of rotatable bonds is 3. The van der Waals surface area contributed by atoms with Gasteiger partial charge in [-0.15, -0.1) is 0 Å². The van der Waals surface area contributed by atoms with Gasteiger partial charge in [-0.2, -0.15) is 5.26 Å². The SMILES string of the molecule is Cc1nc2c(cc1C#N)[C@H](Nc1ccc(Cl)cc1)Oc1ccc([N+](=O)[O-])cc1-2. The molecule has 7 nitrogen and oxygen atoms in total. The van der Waals surface area contributed by atoms with Crippen LogP contribution in [0.25, 0.3) is 11.3 Å². The van der Waals surface area contributed by atoms with Crippen LogP contribution in [0.15, 0.2) is 48.5 Å². The zero-order chi connectivity index (χ0) is 19.8. The second-order valence-corrected chi connectivity index (χ2v) is 6.69.